The predicted molar refractivity (Wildman–Crippen MR) is 87.1 cm³/mol. The molecule has 5 atom stereocenters. The van der Waals surface area contributed by atoms with E-state index in [2.05, 4.69) is 6.07 Å². The van der Waals surface area contributed by atoms with E-state index in [9.17, 15) is 5.11 Å². The third kappa shape index (κ3) is 3.10. The van der Waals surface area contributed by atoms with Crippen LogP contribution in [-0.2, 0) is 14.2 Å². The Kier molecular flexibility index (Phi) is 4.59. The summed E-state index contributed by atoms with van der Waals surface area (Å²) in [7, 11) is 0. The van der Waals surface area contributed by atoms with Crippen molar-refractivity contribution in [2.75, 3.05) is 0 Å². The number of ether oxygens (including phenoxy) is 3. The van der Waals surface area contributed by atoms with Crippen LogP contribution in [0, 0.1) is 11.3 Å². The molecule has 1 spiro atoms. The summed E-state index contributed by atoms with van der Waals surface area (Å²) in [5, 5.41) is 19.5. The molecule has 2 aliphatic heterocycles. The molecule has 0 aromatic carbocycles. The Hall–Kier alpha value is -0.670. The third-order valence-electron chi connectivity index (χ3n) is 6.48. The first-order chi connectivity index (χ1) is 11.6. The smallest absolute Gasteiger partial charge is 0.165 e. The zero-order valence-corrected chi connectivity index (χ0v) is 14.4. The minimum absolute atomic E-state index is 0.00881. The number of rotatable bonds is 4. The molecular weight excluding hydrogens is 306 g/mol. The maximum Gasteiger partial charge on any atom is 0.165 e. The van der Waals surface area contributed by atoms with E-state index in [1.54, 1.807) is 0 Å². The summed E-state index contributed by atoms with van der Waals surface area (Å²) in [5.41, 5.74) is -0.169. The highest BCUT2D eigenvalue weighted by Gasteiger charge is 2.58. The fraction of sp³-hybridized carbons (Fsp3) is 0.947. The van der Waals surface area contributed by atoms with Gasteiger partial charge in [0.2, 0.25) is 0 Å². The molecule has 5 nitrogen and oxygen atoms in total. The zero-order chi connectivity index (χ0) is 16.6. The molecule has 24 heavy (non-hydrogen) atoms. The summed E-state index contributed by atoms with van der Waals surface area (Å²) in [6, 6.07) is 2.23. The van der Waals surface area contributed by atoms with Gasteiger partial charge in [-0.25, -0.2) is 0 Å². The van der Waals surface area contributed by atoms with Crippen LogP contribution in [-0.4, -0.2) is 40.9 Å². The van der Waals surface area contributed by atoms with E-state index in [0.29, 0.717) is 6.42 Å². The molecule has 4 fully saturated rings. The maximum atomic E-state index is 10.7. The second-order valence-electron chi connectivity index (χ2n) is 8.15. The van der Waals surface area contributed by atoms with Crippen molar-refractivity contribution in [1.82, 2.24) is 0 Å². The van der Waals surface area contributed by atoms with Crippen LogP contribution in [0.1, 0.15) is 77.0 Å². The van der Waals surface area contributed by atoms with E-state index in [1.807, 2.05) is 0 Å². The molecule has 0 aromatic rings. The number of fused-ring (bicyclic) bond motifs is 1. The van der Waals surface area contributed by atoms with Crippen LogP contribution >= 0.6 is 0 Å². The van der Waals surface area contributed by atoms with Gasteiger partial charge in [-0.05, 0) is 44.9 Å². The van der Waals surface area contributed by atoms with Gasteiger partial charge >= 0.3 is 0 Å². The Bertz CT molecular complexity index is 498. The highest BCUT2D eigenvalue weighted by atomic mass is 16.7. The molecule has 2 aliphatic carbocycles. The molecule has 2 saturated carbocycles. The number of nitrogens with zero attached hydrogens (tertiary/aromatic N) is 1. The molecule has 0 amide bonds. The van der Waals surface area contributed by atoms with Crippen LogP contribution in [0.15, 0.2) is 0 Å². The highest BCUT2D eigenvalue weighted by Crippen LogP contribution is 2.51. The molecular formula is C19H29NO4. The van der Waals surface area contributed by atoms with Gasteiger partial charge in [-0.3, -0.25) is 0 Å². The van der Waals surface area contributed by atoms with Gasteiger partial charge in [0, 0.05) is 25.7 Å². The molecule has 1 N–H and O–H groups in total. The Balaban J connectivity index is 1.39. The maximum absolute atomic E-state index is 10.7. The van der Waals surface area contributed by atoms with E-state index in [-0.39, 0.29) is 30.0 Å². The first kappa shape index (κ1) is 16.8. The van der Waals surface area contributed by atoms with Gasteiger partial charge in [0.05, 0.1) is 36.1 Å². The molecule has 2 heterocycles. The quantitative estimate of drug-likeness (QED) is 0.799. The highest BCUT2D eigenvalue weighted by molar-refractivity contribution is 5.07. The van der Waals surface area contributed by atoms with Gasteiger partial charge in [0.25, 0.3) is 0 Å². The standard InChI is InChI=1S/C19H29NO4/c20-12-4-5-14-6-7-17-18(23-14)11-8-15(16(13-18)22-17)24-19(21)9-2-1-3-10-19/h14-17,21H,1-11,13H2/t14?,15?,16?,17-,18-/m0/s1. The molecule has 0 radical (unpaired) electrons. The number of aliphatic hydroxyl groups is 1. The molecule has 0 aromatic heterocycles. The van der Waals surface area contributed by atoms with E-state index >= 15 is 0 Å². The van der Waals surface area contributed by atoms with Crippen LogP contribution in [0.5, 0.6) is 0 Å². The van der Waals surface area contributed by atoms with Gasteiger partial charge in [-0.15, -0.1) is 0 Å². The summed E-state index contributed by atoms with van der Waals surface area (Å²) < 4.78 is 18.9. The van der Waals surface area contributed by atoms with Crippen molar-refractivity contribution >= 4 is 0 Å². The summed E-state index contributed by atoms with van der Waals surface area (Å²) in [6.07, 6.45) is 11.3. The largest absolute Gasteiger partial charge is 0.369 e. The second-order valence-corrected chi connectivity index (χ2v) is 8.15. The van der Waals surface area contributed by atoms with E-state index < -0.39 is 5.79 Å². The lowest BCUT2D eigenvalue weighted by Gasteiger charge is -2.44. The lowest BCUT2D eigenvalue weighted by atomic mass is 9.77. The summed E-state index contributed by atoms with van der Waals surface area (Å²) in [4.78, 5) is 0. The van der Waals surface area contributed by atoms with Crippen molar-refractivity contribution in [3.8, 4) is 6.07 Å². The second kappa shape index (κ2) is 6.57. The fourth-order valence-corrected chi connectivity index (χ4v) is 5.22. The third-order valence-corrected chi connectivity index (χ3v) is 6.48. The first-order valence-corrected chi connectivity index (χ1v) is 9.73. The Morgan fingerprint density at radius 3 is 2.75 bits per heavy atom. The predicted octanol–water partition coefficient (Wildman–Crippen LogP) is 3.20. The van der Waals surface area contributed by atoms with E-state index in [1.165, 1.54) is 6.42 Å². The molecule has 2 saturated heterocycles. The van der Waals surface area contributed by atoms with Crippen molar-refractivity contribution in [3.05, 3.63) is 0 Å². The number of nitriles is 1. The first-order valence-electron chi connectivity index (χ1n) is 9.73. The van der Waals surface area contributed by atoms with Crippen molar-refractivity contribution in [2.45, 2.75) is 113 Å². The number of hydrogen-bond donors (Lipinski definition) is 1. The summed E-state index contributed by atoms with van der Waals surface area (Å²) in [6.45, 7) is 0. The van der Waals surface area contributed by atoms with Crippen LogP contribution < -0.4 is 0 Å². The average Bonchev–Trinajstić information content (AvgIpc) is 2.89. The average molecular weight is 335 g/mol. The number of hydrogen-bond acceptors (Lipinski definition) is 5. The molecule has 3 unspecified atom stereocenters. The Morgan fingerprint density at radius 2 is 1.96 bits per heavy atom. The Labute approximate surface area is 144 Å². The minimum atomic E-state index is -0.944. The van der Waals surface area contributed by atoms with Crippen molar-refractivity contribution < 1.29 is 19.3 Å². The lowest BCUT2D eigenvalue weighted by Crippen LogP contribution is -2.51. The molecule has 2 bridgehead atoms. The van der Waals surface area contributed by atoms with Crippen molar-refractivity contribution in [3.63, 3.8) is 0 Å². The van der Waals surface area contributed by atoms with Crippen LogP contribution in [0.4, 0.5) is 0 Å². The van der Waals surface area contributed by atoms with Gasteiger partial charge in [-0.1, -0.05) is 6.42 Å². The fourth-order valence-electron chi connectivity index (χ4n) is 5.22. The monoisotopic (exact) mass is 335 g/mol. The summed E-state index contributed by atoms with van der Waals surface area (Å²) >= 11 is 0. The van der Waals surface area contributed by atoms with Crippen LogP contribution in [0.3, 0.4) is 0 Å². The van der Waals surface area contributed by atoms with Crippen molar-refractivity contribution in [2.24, 2.45) is 0 Å². The van der Waals surface area contributed by atoms with Gasteiger partial charge in [0.15, 0.2) is 5.79 Å². The van der Waals surface area contributed by atoms with E-state index in [0.717, 1.165) is 64.2 Å². The van der Waals surface area contributed by atoms with Gasteiger partial charge in [-0.2, -0.15) is 5.26 Å². The topological polar surface area (TPSA) is 71.7 Å². The summed E-state index contributed by atoms with van der Waals surface area (Å²) in [5.74, 6) is -0.944. The molecule has 4 rings (SSSR count). The minimum Gasteiger partial charge on any atom is -0.369 e. The van der Waals surface area contributed by atoms with Crippen LogP contribution in [0.25, 0.3) is 0 Å². The van der Waals surface area contributed by atoms with Crippen LogP contribution in [0.2, 0.25) is 0 Å². The van der Waals surface area contributed by atoms with Crippen molar-refractivity contribution in [1.29, 1.82) is 5.26 Å². The molecule has 134 valence electrons. The normalized spacial score (nSPS) is 43.8. The van der Waals surface area contributed by atoms with Gasteiger partial charge in [0.1, 0.15) is 0 Å². The van der Waals surface area contributed by atoms with Gasteiger partial charge < -0.3 is 19.3 Å². The van der Waals surface area contributed by atoms with E-state index in [4.69, 9.17) is 19.5 Å². The Morgan fingerprint density at radius 1 is 1.12 bits per heavy atom. The molecule has 5 heteroatoms. The lowest BCUT2D eigenvalue weighted by molar-refractivity contribution is -0.264. The molecule has 4 aliphatic rings. The zero-order valence-electron chi connectivity index (χ0n) is 14.4. The SMILES string of the molecule is N#CCCC1CC[C@@H]2OC3C[C@]2(CCC3OC2(O)CCCCC2)O1.